The third kappa shape index (κ3) is 3.56. The fourth-order valence-electron chi connectivity index (χ4n) is 6.79. The molecular formula is C39H30N2O. The molecule has 2 heterocycles. The molecule has 202 valence electrons. The van der Waals surface area contributed by atoms with Crippen molar-refractivity contribution in [1.82, 2.24) is 4.98 Å². The molecule has 0 unspecified atom stereocenters. The molecule has 0 spiro atoms. The number of rotatable bonds is 4. The molecule has 0 aliphatic heterocycles. The first-order valence-corrected chi connectivity index (χ1v) is 14.6. The van der Waals surface area contributed by atoms with Crippen LogP contribution >= 0.6 is 0 Å². The number of hydrogen-bond donors (Lipinski definition) is 0. The second kappa shape index (κ2) is 9.46. The van der Waals surface area contributed by atoms with Gasteiger partial charge < -0.3 is 9.32 Å². The zero-order valence-corrected chi connectivity index (χ0v) is 24.0. The van der Waals surface area contributed by atoms with Gasteiger partial charge in [0.25, 0.3) is 0 Å². The standard InChI is InChI=1S/C39H30N2O/c1-4-41(3)39-24(2)19-20-26-11-6-14-29(35(26)39)31-16-8-18-33-37(31)36-30(15-7-17-32(36)42-33)28-13-5-10-25-21-22-27-12-9-23-40-38(27)34(25)28/h5-23H,4H2,1-3H3. The highest BCUT2D eigenvalue weighted by atomic mass is 16.3. The van der Waals surface area contributed by atoms with E-state index < -0.39 is 0 Å². The Labute approximate surface area is 244 Å². The highest BCUT2D eigenvalue weighted by molar-refractivity contribution is 6.23. The fourth-order valence-corrected chi connectivity index (χ4v) is 6.79. The van der Waals surface area contributed by atoms with Crippen LogP contribution in [0.25, 0.3) is 76.6 Å². The number of hydrogen-bond acceptors (Lipinski definition) is 3. The number of aryl methyl sites for hydroxylation is 1. The lowest BCUT2D eigenvalue weighted by molar-refractivity contribution is 0.669. The molecule has 3 heteroatoms. The van der Waals surface area contributed by atoms with E-state index in [-0.39, 0.29) is 0 Å². The second-order valence-electron chi connectivity index (χ2n) is 11.2. The Kier molecular flexibility index (Phi) is 5.55. The molecular weight excluding hydrogens is 512 g/mol. The minimum atomic E-state index is 0.891. The van der Waals surface area contributed by atoms with E-state index in [1.165, 1.54) is 49.5 Å². The van der Waals surface area contributed by atoms with Crippen LogP contribution in [0.2, 0.25) is 0 Å². The molecule has 0 saturated carbocycles. The predicted molar refractivity (Wildman–Crippen MR) is 179 cm³/mol. The Morgan fingerprint density at radius 2 is 1.10 bits per heavy atom. The SMILES string of the molecule is CCN(C)c1c(C)ccc2cccc(-c3cccc4oc5cccc(-c6cccc7ccc8cccnc8c67)c5c34)c12. The zero-order valence-electron chi connectivity index (χ0n) is 24.0. The molecule has 0 radical (unpaired) electrons. The van der Waals surface area contributed by atoms with E-state index in [4.69, 9.17) is 9.40 Å². The molecule has 42 heavy (non-hydrogen) atoms. The lowest BCUT2D eigenvalue weighted by Gasteiger charge is -2.23. The van der Waals surface area contributed by atoms with Gasteiger partial charge in [-0.3, -0.25) is 4.98 Å². The van der Waals surface area contributed by atoms with E-state index in [2.05, 4.69) is 129 Å². The van der Waals surface area contributed by atoms with E-state index in [0.717, 1.165) is 44.9 Å². The summed E-state index contributed by atoms with van der Waals surface area (Å²) in [7, 11) is 2.18. The molecule has 8 aromatic rings. The lowest BCUT2D eigenvalue weighted by Crippen LogP contribution is -2.17. The average Bonchev–Trinajstić information content (AvgIpc) is 3.43. The van der Waals surface area contributed by atoms with Gasteiger partial charge in [-0.25, -0.2) is 0 Å². The first-order chi connectivity index (χ1) is 20.6. The topological polar surface area (TPSA) is 29.3 Å². The van der Waals surface area contributed by atoms with Crippen LogP contribution in [0, 0.1) is 6.92 Å². The summed E-state index contributed by atoms with van der Waals surface area (Å²) >= 11 is 0. The summed E-state index contributed by atoms with van der Waals surface area (Å²) in [6.07, 6.45) is 1.89. The average molecular weight is 543 g/mol. The maximum absolute atomic E-state index is 6.58. The Morgan fingerprint density at radius 3 is 1.76 bits per heavy atom. The molecule has 0 aliphatic rings. The van der Waals surface area contributed by atoms with Crippen LogP contribution in [0.15, 0.2) is 120 Å². The quantitative estimate of drug-likeness (QED) is 0.207. The summed E-state index contributed by atoms with van der Waals surface area (Å²) < 4.78 is 6.58. The van der Waals surface area contributed by atoms with Crippen molar-refractivity contribution in [3.05, 3.63) is 121 Å². The van der Waals surface area contributed by atoms with Gasteiger partial charge in [0.1, 0.15) is 11.2 Å². The molecule has 0 aliphatic carbocycles. The van der Waals surface area contributed by atoms with E-state index in [1.807, 2.05) is 12.3 Å². The Morgan fingerprint density at radius 1 is 0.571 bits per heavy atom. The van der Waals surface area contributed by atoms with Crippen molar-refractivity contribution in [2.24, 2.45) is 0 Å². The van der Waals surface area contributed by atoms with Gasteiger partial charge in [-0.1, -0.05) is 91.0 Å². The fraction of sp³-hybridized carbons (Fsp3) is 0.103. The van der Waals surface area contributed by atoms with E-state index in [9.17, 15) is 0 Å². The van der Waals surface area contributed by atoms with Crippen molar-refractivity contribution in [3.8, 4) is 22.3 Å². The van der Waals surface area contributed by atoms with E-state index >= 15 is 0 Å². The van der Waals surface area contributed by atoms with Gasteiger partial charge in [0.05, 0.1) is 5.52 Å². The molecule has 0 fully saturated rings. The predicted octanol–water partition coefficient (Wildman–Crippen LogP) is 10.5. The van der Waals surface area contributed by atoms with Gasteiger partial charge in [0, 0.05) is 52.4 Å². The van der Waals surface area contributed by atoms with Crippen molar-refractivity contribution in [2.75, 3.05) is 18.5 Å². The highest BCUT2D eigenvalue weighted by Gasteiger charge is 2.21. The number of fused-ring (bicyclic) bond motifs is 7. The van der Waals surface area contributed by atoms with Gasteiger partial charge in [0.15, 0.2) is 0 Å². The summed E-state index contributed by atoms with van der Waals surface area (Å²) in [6.45, 7) is 5.35. The van der Waals surface area contributed by atoms with Crippen molar-refractivity contribution in [2.45, 2.75) is 13.8 Å². The van der Waals surface area contributed by atoms with Crippen LogP contribution in [0.4, 0.5) is 5.69 Å². The molecule has 6 aromatic carbocycles. The zero-order chi connectivity index (χ0) is 28.4. The minimum absolute atomic E-state index is 0.891. The van der Waals surface area contributed by atoms with Crippen molar-refractivity contribution >= 4 is 60.1 Å². The maximum Gasteiger partial charge on any atom is 0.136 e. The summed E-state index contributed by atoms with van der Waals surface area (Å²) in [4.78, 5) is 7.19. The molecule has 8 rings (SSSR count). The smallest absolute Gasteiger partial charge is 0.136 e. The second-order valence-corrected chi connectivity index (χ2v) is 11.2. The Hall–Kier alpha value is -5.15. The first-order valence-electron chi connectivity index (χ1n) is 14.6. The minimum Gasteiger partial charge on any atom is -0.456 e. The number of benzene rings is 6. The first kappa shape index (κ1) is 24.6. The van der Waals surface area contributed by atoms with Crippen LogP contribution in [0.1, 0.15) is 12.5 Å². The maximum atomic E-state index is 6.58. The number of anilines is 1. The van der Waals surface area contributed by atoms with Gasteiger partial charge in [-0.15, -0.1) is 0 Å². The summed E-state index contributed by atoms with van der Waals surface area (Å²) in [6, 6.07) is 39.1. The lowest BCUT2D eigenvalue weighted by atomic mass is 9.89. The van der Waals surface area contributed by atoms with Crippen LogP contribution in [-0.2, 0) is 0 Å². The molecule has 0 bridgehead atoms. The van der Waals surface area contributed by atoms with Crippen LogP contribution in [0.3, 0.4) is 0 Å². The van der Waals surface area contributed by atoms with E-state index in [0.29, 0.717) is 0 Å². The van der Waals surface area contributed by atoms with Gasteiger partial charge in [0.2, 0.25) is 0 Å². The Balaban J connectivity index is 1.52. The van der Waals surface area contributed by atoms with Crippen molar-refractivity contribution < 1.29 is 4.42 Å². The summed E-state index contributed by atoms with van der Waals surface area (Å²) in [5, 5.41) is 8.29. The number of aromatic nitrogens is 1. The number of pyridine rings is 1. The normalized spacial score (nSPS) is 11.8. The van der Waals surface area contributed by atoms with Crippen molar-refractivity contribution in [3.63, 3.8) is 0 Å². The van der Waals surface area contributed by atoms with Gasteiger partial charge >= 0.3 is 0 Å². The molecule has 0 N–H and O–H groups in total. The van der Waals surface area contributed by atoms with Gasteiger partial charge in [-0.05, 0) is 70.6 Å². The number of nitrogens with zero attached hydrogens (tertiary/aromatic N) is 2. The number of furan rings is 1. The molecule has 0 saturated heterocycles. The van der Waals surface area contributed by atoms with Gasteiger partial charge in [-0.2, -0.15) is 0 Å². The molecule has 0 atom stereocenters. The third-order valence-corrected chi connectivity index (χ3v) is 8.79. The Bertz CT molecular complexity index is 2330. The molecule has 2 aromatic heterocycles. The van der Waals surface area contributed by atoms with Crippen LogP contribution < -0.4 is 4.90 Å². The van der Waals surface area contributed by atoms with E-state index in [1.54, 1.807) is 0 Å². The molecule has 3 nitrogen and oxygen atoms in total. The van der Waals surface area contributed by atoms with Crippen LogP contribution in [-0.4, -0.2) is 18.6 Å². The summed E-state index contributed by atoms with van der Waals surface area (Å²) in [5.74, 6) is 0. The monoisotopic (exact) mass is 542 g/mol. The van der Waals surface area contributed by atoms with Crippen LogP contribution in [0.5, 0.6) is 0 Å². The molecule has 0 amide bonds. The third-order valence-electron chi connectivity index (χ3n) is 8.79. The largest absolute Gasteiger partial charge is 0.456 e. The van der Waals surface area contributed by atoms with Crippen molar-refractivity contribution in [1.29, 1.82) is 0 Å². The highest BCUT2D eigenvalue weighted by Crippen LogP contribution is 2.46. The summed E-state index contributed by atoms with van der Waals surface area (Å²) in [5.41, 5.74) is 10.1.